The van der Waals surface area contributed by atoms with Gasteiger partial charge in [0.1, 0.15) is 0 Å². The third kappa shape index (κ3) is 6.25. The van der Waals surface area contributed by atoms with Gasteiger partial charge in [-0.25, -0.2) is 9.59 Å². The van der Waals surface area contributed by atoms with Crippen molar-refractivity contribution in [1.82, 2.24) is 0 Å². The molecular weight excluding hydrogens is 496 g/mol. The summed E-state index contributed by atoms with van der Waals surface area (Å²) in [6, 6.07) is 27.7. The number of hydrogen-bond acceptors (Lipinski definition) is 4. The molecule has 0 saturated carbocycles. The predicted molar refractivity (Wildman–Crippen MR) is 164 cm³/mol. The molecule has 0 atom stereocenters. The highest BCUT2D eigenvalue weighted by atomic mass is 16.5. The molecule has 0 saturated heterocycles. The van der Waals surface area contributed by atoms with Crippen molar-refractivity contribution in [3.8, 4) is 0 Å². The molecule has 0 spiro atoms. The highest BCUT2D eigenvalue weighted by Crippen LogP contribution is 2.22. The molecule has 0 fully saturated rings. The van der Waals surface area contributed by atoms with E-state index in [9.17, 15) is 9.59 Å². The molecule has 4 aromatic rings. The number of carbonyl (C=O) groups excluding carboxylic acids is 2. The maximum absolute atomic E-state index is 12.5. The molecule has 0 aromatic heterocycles. The lowest BCUT2D eigenvalue weighted by atomic mass is 10.00. The van der Waals surface area contributed by atoms with Gasteiger partial charge in [-0.3, -0.25) is 0 Å². The molecule has 4 heteroatoms. The van der Waals surface area contributed by atoms with E-state index in [0.29, 0.717) is 11.1 Å². The van der Waals surface area contributed by atoms with Gasteiger partial charge in [-0.2, -0.15) is 0 Å². The first-order chi connectivity index (χ1) is 19.5. The molecule has 8 bridgehead atoms. The molecule has 14 rings (SSSR count). The quantitative estimate of drug-likeness (QED) is 0.218. The Bertz CT molecular complexity index is 1540. The van der Waals surface area contributed by atoms with E-state index < -0.39 is 0 Å². The lowest BCUT2D eigenvalue weighted by molar-refractivity contribution is 0.0591. The van der Waals surface area contributed by atoms with Crippen LogP contribution in [0.25, 0.3) is 48.6 Å². The van der Waals surface area contributed by atoms with Crippen molar-refractivity contribution in [2.24, 2.45) is 0 Å². The average molecular weight is 525 g/mol. The summed E-state index contributed by atoms with van der Waals surface area (Å²) >= 11 is 0. The minimum Gasteiger partial charge on any atom is -0.465 e. The summed E-state index contributed by atoms with van der Waals surface area (Å²) < 4.78 is 10.1. The zero-order chi connectivity index (χ0) is 27.9. The van der Waals surface area contributed by atoms with E-state index in [1.54, 1.807) is 0 Å². The van der Waals surface area contributed by atoms with E-state index in [2.05, 4.69) is 0 Å². The Hall–Kier alpha value is -5.22. The monoisotopic (exact) mass is 524 g/mol. The third-order valence-electron chi connectivity index (χ3n) is 6.69. The van der Waals surface area contributed by atoms with Crippen LogP contribution in [-0.4, -0.2) is 26.2 Å². The Morgan fingerprint density at radius 2 is 0.675 bits per heavy atom. The number of rotatable bonds is 2. The Morgan fingerprint density at radius 3 is 1.00 bits per heavy atom. The molecule has 4 aromatic carbocycles. The molecule has 10 aliphatic rings. The van der Waals surface area contributed by atoms with Crippen LogP contribution in [0.2, 0.25) is 0 Å². The first kappa shape index (κ1) is 26.4. The van der Waals surface area contributed by atoms with Gasteiger partial charge in [-0.1, -0.05) is 121 Å². The van der Waals surface area contributed by atoms with Gasteiger partial charge in [0.2, 0.25) is 0 Å². The van der Waals surface area contributed by atoms with Crippen LogP contribution >= 0.6 is 0 Å². The van der Waals surface area contributed by atoms with Crippen molar-refractivity contribution in [3.05, 3.63) is 141 Å². The van der Waals surface area contributed by atoms with Gasteiger partial charge in [0.25, 0.3) is 0 Å². The number of carbonyl (C=O) groups is 2. The molecule has 0 amide bonds. The summed E-state index contributed by atoms with van der Waals surface area (Å²) in [4.78, 5) is 25.1. The van der Waals surface area contributed by atoms with E-state index in [1.165, 1.54) is 14.2 Å². The fraction of sp³-hybridized carbons (Fsp3) is 0.0556. The standard InChI is InChI=1S/C36H28O4/c1-39-35(37)33-23-29-13-11-25-3-5-26(6-4-25)12-14-30-18-22-32(34(24-30)36(38)40-2)20-16-28-9-7-27(8-10-28)15-19-31(33)21-17-29/h3-24H,1-2H3/b13-11-,14-12-,19-15-,20-16-,25-11?,26-12?,27-15?,28-16?,29-13?,30-14?,31-19?,32-20?. The van der Waals surface area contributed by atoms with Gasteiger partial charge in [0, 0.05) is 0 Å². The molecule has 0 aliphatic heterocycles. The van der Waals surface area contributed by atoms with Gasteiger partial charge in [0.05, 0.1) is 25.3 Å². The van der Waals surface area contributed by atoms with Crippen molar-refractivity contribution in [2.75, 3.05) is 14.2 Å². The molecule has 10 aliphatic carbocycles. The lowest BCUT2D eigenvalue weighted by Crippen LogP contribution is -2.04. The Labute approximate surface area is 234 Å². The first-order valence-corrected chi connectivity index (χ1v) is 12.9. The summed E-state index contributed by atoms with van der Waals surface area (Å²) in [5, 5.41) is 0. The second-order valence-electron chi connectivity index (χ2n) is 9.34. The van der Waals surface area contributed by atoms with E-state index in [-0.39, 0.29) is 11.9 Å². The maximum Gasteiger partial charge on any atom is 0.338 e. The minimum atomic E-state index is -0.382. The van der Waals surface area contributed by atoms with E-state index in [0.717, 1.165) is 44.5 Å². The highest BCUT2D eigenvalue weighted by Gasteiger charge is 2.12. The van der Waals surface area contributed by atoms with Crippen molar-refractivity contribution in [2.45, 2.75) is 0 Å². The molecule has 0 unspecified atom stereocenters. The van der Waals surface area contributed by atoms with Crippen LogP contribution in [0.4, 0.5) is 0 Å². The number of benzene rings is 4. The zero-order valence-corrected chi connectivity index (χ0v) is 22.3. The van der Waals surface area contributed by atoms with E-state index in [4.69, 9.17) is 9.47 Å². The van der Waals surface area contributed by atoms with Gasteiger partial charge in [0.15, 0.2) is 0 Å². The SMILES string of the molecule is COC(=O)c1cc2ccc1/C=C\c1ccc(cc1)/C=C\c1ccc(cc1C(=O)OC)/C=C\c1ccc(cc1)/C=C\2. The van der Waals surface area contributed by atoms with Gasteiger partial charge >= 0.3 is 11.9 Å². The number of ether oxygens (including phenoxy) is 2. The number of methoxy groups -OCH3 is 2. The normalized spacial score (nSPS) is 15.2. The topological polar surface area (TPSA) is 52.6 Å². The van der Waals surface area contributed by atoms with Crippen molar-refractivity contribution < 1.29 is 19.1 Å². The van der Waals surface area contributed by atoms with Crippen LogP contribution in [0, 0.1) is 0 Å². The lowest BCUT2D eigenvalue weighted by Gasteiger charge is -2.07. The van der Waals surface area contributed by atoms with Crippen LogP contribution in [0.1, 0.15) is 65.2 Å². The fourth-order valence-corrected chi connectivity index (χ4v) is 4.41. The molecule has 40 heavy (non-hydrogen) atoms. The largest absolute Gasteiger partial charge is 0.465 e. The second-order valence-corrected chi connectivity index (χ2v) is 9.34. The Balaban J connectivity index is 1.59. The Kier molecular flexibility index (Phi) is 7.98. The molecule has 4 nitrogen and oxygen atoms in total. The fourth-order valence-electron chi connectivity index (χ4n) is 4.41. The summed E-state index contributed by atoms with van der Waals surface area (Å²) in [6.45, 7) is 0. The van der Waals surface area contributed by atoms with Crippen LogP contribution in [0.15, 0.2) is 84.9 Å². The van der Waals surface area contributed by atoms with Crippen LogP contribution < -0.4 is 0 Å². The molecule has 0 N–H and O–H groups in total. The first-order valence-electron chi connectivity index (χ1n) is 12.9. The summed E-state index contributed by atoms with van der Waals surface area (Å²) in [5.74, 6) is -0.765. The smallest absolute Gasteiger partial charge is 0.338 e. The maximum atomic E-state index is 12.5. The summed E-state index contributed by atoms with van der Waals surface area (Å²) in [7, 11) is 2.78. The molecule has 196 valence electrons. The average Bonchev–Trinajstić information content (AvgIpc) is 3.01. The van der Waals surface area contributed by atoms with E-state index in [1.807, 2.05) is 134 Å². The summed E-state index contributed by atoms with van der Waals surface area (Å²) in [6.07, 6.45) is 15.7. The predicted octanol–water partition coefficient (Wildman–Crippen LogP) is 8.25. The van der Waals surface area contributed by atoms with Crippen molar-refractivity contribution in [1.29, 1.82) is 0 Å². The minimum absolute atomic E-state index is 0.382. The third-order valence-corrected chi connectivity index (χ3v) is 6.69. The van der Waals surface area contributed by atoms with Crippen LogP contribution in [0.5, 0.6) is 0 Å². The van der Waals surface area contributed by atoms with Gasteiger partial charge < -0.3 is 9.47 Å². The second kappa shape index (κ2) is 12.1. The van der Waals surface area contributed by atoms with Crippen LogP contribution in [0.3, 0.4) is 0 Å². The summed E-state index contributed by atoms with van der Waals surface area (Å²) in [5.41, 5.74) is 8.39. The van der Waals surface area contributed by atoms with Crippen LogP contribution in [-0.2, 0) is 9.47 Å². The van der Waals surface area contributed by atoms with Crippen molar-refractivity contribution in [3.63, 3.8) is 0 Å². The Morgan fingerprint density at radius 1 is 0.400 bits per heavy atom. The number of esters is 2. The van der Waals surface area contributed by atoms with Gasteiger partial charge in [-0.15, -0.1) is 0 Å². The molecular formula is C36H28O4. The van der Waals surface area contributed by atoms with E-state index >= 15 is 0 Å². The van der Waals surface area contributed by atoms with Gasteiger partial charge in [-0.05, 0) is 56.6 Å². The van der Waals surface area contributed by atoms with Crippen molar-refractivity contribution >= 4 is 60.5 Å². The molecule has 0 radical (unpaired) electrons. The molecule has 0 heterocycles. The zero-order valence-electron chi connectivity index (χ0n) is 22.3. The highest BCUT2D eigenvalue weighted by molar-refractivity contribution is 5.97. The number of hydrogen-bond donors (Lipinski definition) is 0.